The van der Waals surface area contributed by atoms with Gasteiger partial charge in [0.25, 0.3) is 11.8 Å². The minimum Gasteiger partial charge on any atom is -0.351 e. The number of hydrogen-bond acceptors (Lipinski definition) is 5. The molecular formula is C29H33N5O2. The summed E-state index contributed by atoms with van der Waals surface area (Å²) in [5, 5.41) is 3.00. The Morgan fingerprint density at radius 1 is 0.944 bits per heavy atom. The zero-order chi connectivity index (χ0) is 25.1. The number of aromatic nitrogens is 2. The van der Waals surface area contributed by atoms with Gasteiger partial charge in [0.05, 0.1) is 6.20 Å². The van der Waals surface area contributed by atoms with Gasteiger partial charge in [-0.3, -0.25) is 19.5 Å². The molecule has 186 valence electrons. The number of aryl methyl sites for hydroxylation is 2. The first-order valence-corrected chi connectivity index (χ1v) is 12.7. The SMILES string of the molecule is Cc1cccc(C)c1C(=O)N1CC2CN([C@@H](CCNC(=O)c3cnccn3)c3ccccc3)CC2C1. The number of likely N-dealkylation sites (tertiary alicyclic amines) is 2. The van der Waals surface area contributed by atoms with Crippen molar-refractivity contribution in [1.29, 1.82) is 0 Å². The lowest BCUT2D eigenvalue weighted by Crippen LogP contribution is -2.36. The topological polar surface area (TPSA) is 78.4 Å². The van der Waals surface area contributed by atoms with Crippen LogP contribution in [0.15, 0.2) is 67.1 Å². The molecule has 36 heavy (non-hydrogen) atoms. The highest BCUT2D eigenvalue weighted by Crippen LogP contribution is 2.37. The van der Waals surface area contributed by atoms with Gasteiger partial charge in [0.1, 0.15) is 5.69 Å². The van der Waals surface area contributed by atoms with Gasteiger partial charge in [0.2, 0.25) is 0 Å². The summed E-state index contributed by atoms with van der Waals surface area (Å²) in [6, 6.07) is 16.8. The number of benzene rings is 2. The van der Waals surface area contributed by atoms with E-state index < -0.39 is 0 Å². The second kappa shape index (κ2) is 10.6. The highest BCUT2D eigenvalue weighted by atomic mass is 16.2. The first-order valence-electron chi connectivity index (χ1n) is 12.7. The van der Waals surface area contributed by atoms with Crippen LogP contribution in [0.4, 0.5) is 0 Å². The molecule has 0 saturated carbocycles. The highest BCUT2D eigenvalue weighted by Gasteiger charge is 2.43. The molecule has 2 aliphatic rings. The summed E-state index contributed by atoms with van der Waals surface area (Å²) >= 11 is 0. The van der Waals surface area contributed by atoms with Crippen LogP contribution in [0, 0.1) is 25.7 Å². The number of carbonyl (C=O) groups excluding carboxylic acids is 2. The molecule has 0 aliphatic carbocycles. The number of nitrogens with one attached hydrogen (secondary N) is 1. The summed E-state index contributed by atoms with van der Waals surface area (Å²) in [7, 11) is 0. The van der Waals surface area contributed by atoms with Crippen LogP contribution in [-0.4, -0.2) is 64.3 Å². The third kappa shape index (κ3) is 5.02. The maximum atomic E-state index is 13.3. The number of fused-ring (bicyclic) bond motifs is 1. The fourth-order valence-electron chi connectivity index (χ4n) is 5.82. The first-order chi connectivity index (χ1) is 17.5. The van der Waals surface area contributed by atoms with Gasteiger partial charge in [0.15, 0.2) is 0 Å². The van der Waals surface area contributed by atoms with E-state index in [9.17, 15) is 9.59 Å². The fraction of sp³-hybridized carbons (Fsp3) is 0.379. The molecule has 2 amide bonds. The van der Waals surface area contributed by atoms with Gasteiger partial charge in [-0.15, -0.1) is 0 Å². The molecule has 1 N–H and O–H groups in total. The summed E-state index contributed by atoms with van der Waals surface area (Å²) in [4.78, 5) is 38.4. The van der Waals surface area contributed by atoms with Gasteiger partial charge >= 0.3 is 0 Å². The van der Waals surface area contributed by atoms with E-state index in [4.69, 9.17) is 0 Å². The maximum absolute atomic E-state index is 13.3. The smallest absolute Gasteiger partial charge is 0.271 e. The average Bonchev–Trinajstić information content (AvgIpc) is 3.47. The summed E-state index contributed by atoms with van der Waals surface area (Å²) in [5.41, 5.74) is 4.54. The zero-order valence-corrected chi connectivity index (χ0v) is 20.9. The number of hydrogen-bond donors (Lipinski definition) is 1. The lowest BCUT2D eigenvalue weighted by atomic mass is 10.0. The van der Waals surface area contributed by atoms with Crippen molar-refractivity contribution >= 4 is 11.8 Å². The summed E-state index contributed by atoms with van der Waals surface area (Å²) in [6.07, 6.45) is 5.38. The van der Waals surface area contributed by atoms with Crippen molar-refractivity contribution in [2.24, 2.45) is 11.8 Å². The van der Waals surface area contributed by atoms with E-state index in [1.807, 2.05) is 38.1 Å². The van der Waals surface area contributed by atoms with E-state index in [1.54, 1.807) is 6.20 Å². The average molecular weight is 484 g/mol. The predicted octanol–water partition coefficient (Wildman–Crippen LogP) is 3.66. The maximum Gasteiger partial charge on any atom is 0.271 e. The Morgan fingerprint density at radius 2 is 1.64 bits per heavy atom. The van der Waals surface area contributed by atoms with E-state index in [-0.39, 0.29) is 17.9 Å². The van der Waals surface area contributed by atoms with E-state index >= 15 is 0 Å². The largest absolute Gasteiger partial charge is 0.351 e. The Kier molecular flexibility index (Phi) is 7.09. The molecular weight excluding hydrogens is 450 g/mol. The Morgan fingerprint density at radius 3 is 2.28 bits per heavy atom. The molecule has 3 heterocycles. The Hall–Kier alpha value is -3.58. The lowest BCUT2D eigenvalue weighted by molar-refractivity contribution is 0.0767. The number of rotatable bonds is 7. The first kappa shape index (κ1) is 24.1. The van der Waals surface area contributed by atoms with Crippen LogP contribution >= 0.6 is 0 Å². The molecule has 1 aromatic heterocycles. The van der Waals surface area contributed by atoms with Crippen molar-refractivity contribution in [2.45, 2.75) is 26.3 Å². The van der Waals surface area contributed by atoms with Crippen LogP contribution in [0.2, 0.25) is 0 Å². The van der Waals surface area contributed by atoms with E-state index in [0.29, 0.717) is 24.1 Å². The van der Waals surface area contributed by atoms with Gasteiger partial charge in [0, 0.05) is 56.7 Å². The predicted molar refractivity (Wildman–Crippen MR) is 139 cm³/mol. The molecule has 5 rings (SSSR count). The minimum atomic E-state index is -0.200. The van der Waals surface area contributed by atoms with Gasteiger partial charge < -0.3 is 10.2 Å². The van der Waals surface area contributed by atoms with Crippen molar-refractivity contribution in [1.82, 2.24) is 25.1 Å². The minimum absolute atomic E-state index is 0.165. The quantitative estimate of drug-likeness (QED) is 0.555. The fourth-order valence-corrected chi connectivity index (χ4v) is 5.82. The Labute approximate surface area is 212 Å². The van der Waals surface area contributed by atoms with E-state index in [2.05, 4.69) is 49.4 Å². The van der Waals surface area contributed by atoms with Crippen molar-refractivity contribution in [3.05, 3.63) is 95.1 Å². The summed E-state index contributed by atoms with van der Waals surface area (Å²) in [6.45, 7) is 8.12. The van der Waals surface area contributed by atoms with Crippen LogP contribution in [0.5, 0.6) is 0 Å². The van der Waals surface area contributed by atoms with Crippen molar-refractivity contribution < 1.29 is 9.59 Å². The lowest BCUT2D eigenvalue weighted by Gasteiger charge is -2.30. The molecule has 0 spiro atoms. The van der Waals surface area contributed by atoms with Gasteiger partial charge in [-0.2, -0.15) is 0 Å². The molecule has 2 fully saturated rings. The molecule has 2 aromatic carbocycles. The number of amides is 2. The van der Waals surface area contributed by atoms with Crippen LogP contribution in [0.1, 0.15) is 50.0 Å². The Bertz CT molecular complexity index is 1180. The van der Waals surface area contributed by atoms with Crippen LogP contribution in [-0.2, 0) is 0 Å². The van der Waals surface area contributed by atoms with Gasteiger partial charge in [-0.05, 0) is 48.8 Å². The second-order valence-electron chi connectivity index (χ2n) is 10.0. The third-order valence-corrected chi connectivity index (χ3v) is 7.62. The molecule has 2 aliphatic heterocycles. The van der Waals surface area contributed by atoms with Crippen LogP contribution in [0.3, 0.4) is 0 Å². The standard InChI is InChI=1S/C29H33N5O2/c1-20-7-6-8-21(2)27(20)29(36)34-18-23-16-33(17-24(23)19-34)26(22-9-4-3-5-10-22)11-12-32-28(35)25-15-30-13-14-31-25/h3-10,13-15,23-24,26H,11-12,16-19H2,1-2H3,(H,32,35)/t23?,24?,26-/m0/s1. The molecule has 2 unspecified atom stereocenters. The summed E-state index contributed by atoms with van der Waals surface area (Å²) < 4.78 is 0. The third-order valence-electron chi connectivity index (χ3n) is 7.62. The molecule has 2 saturated heterocycles. The van der Waals surface area contributed by atoms with Gasteiger partial charge in [-0.1, -0.05) is 48.5 Å². The van der Waals surface area contributed by atoms with Gasteiger partial charge in [-0.25, -0.2) is 4.98 Å². The molecule has 7 nitrogen and oxygen atoms in total. The van der Waals surface area contributed by atoms with E-state index in [1.165, 1.54) is 18.0 Å². The normalized spacial score (nSPS) is 20.2. The highest BCUT2D eigenvalue weighted by molar-refractivity contribution is 5.97. The monoisotopic (exact) mass is 483 g/mol. The summed E-state index contributed by atoms with van der Waals surface area (Å²) in [5.74, 6) is 0.907. The molecule has 3 aromatic rings. The van der Waals surface area contributed by atoms with Crippen LogP contribution < -0.4 is 5.32 Å². The number of carbonyl (C=O) groups is 2. The van der Waals surface area contributed by atoms with Crippen molar-refractivity contribution in [3.8, 4) is 0 Å². The number of nitrogens with zero attached hydrogens (tertiary/aromatic N) is 4. The second-order valence-corrected chi connectivity index (χ2v) is 10.0. The van der Waals surface area contributed by atoms with Crippen LogP contribution in [0.25, 0.3) is 0 Å². The van der Waals surface area contributed by atoms with E-state index in [0.717, 1.165) is 49.3 Å². The van der Waals surface area contributed by atoms with Crippen molar-refractivity contribution in [3.63, 3.8) is 0 Å². The molecule has 0 bridgehead atoms. The molecule has 0 radical (unpaired) electrons. The zero-order valence-electron chi connectivity index (χ0n) is 20.9. The van der Waals surface area contributed by atoms with Crippen molar-refractivity contribution in [2.75, 3.05) is 32.7 Å². The Balaban J connectivity index is 1.23. The molecule has 7 heteroatoms. The molecule has 3 atom stereocenters.